The Morgan fingerprint density at radius 3 is 2.71 bits per heavy atom. The maximum atomic E-state index is 14.2. The molecule has 0 amide bonds. The molecule has 1 aromatic carbocycles. The highest BCUT2D eigenvalue weighted by atomic mass is 35.5. The number of hydrogen-bond donors (Lipinski definition) is 2. The number of pyridine rings is 2. The van der Waals surface area contributed by atoms with Crippen LogP contribution >= 0.6 is 11.6 Å². The fourth-order valence-corrected chi connectivity index (χ4v) is 2.74. The third kappa shape index (κ3) is 2.70. The maximum absolute atomic E-state index is 14.2. The molecular weight excluding hydrogens is 327 g/mol. The van der Waals surface area contributed by atoms with E-state index < -0.39 is 0 Å². The van der Waals surface area contributed by atoms with Crippen LogP contribution in [0, 0.1) is 5.82 Å². The minimum absolute atomic E-state index is 0.358. The highest BCUT2D eigenvalue weighted by molar-refractivity contribution is 6.30. The van der Waals surface area contributed by atoms with E-state index in [0.29, 0.717) is 21.9 Å². The Morgan fingerprint density at radius 1 is 1.04 bits per heavy atom. The first kappa shape index (κ1) is 14.7. The van der Waals surface area contributed by atoms with Gasteiger partial charge in [0.2, 0.25) is 0 Å². The van der Waals surface area contributed by atoms with Crippen molar-refractivity contribution in [2.75, 3.05) is 5.32 Å². The number of hydrogen-bond acceptors (Lipinski definition) is 3. The number of aromatic nitrogens is 3. The van der Waals surface area contributed by atoms with E-state index in [-0.39, 0.29) is 5.82 Å². The summed E-state index contributed by atoms with van der Waals surface area (Å²) < 4.78 is 14.2. The summed E-state index contributed by atoms with van der Waals surface area (Å²) in [6.45, 7) is 0. The molecule has 0 radical (unpaired) electrons. The lowest BCUT2D eigenvalue weighted by Crippen LogP contribution is -1.95. The van der Waals surface area contributed by atoms with Crippen molar-refractivity contribution in [2.45, 2.75) is 0 Å². The fourth-order valence-electron chi connectivity index (χ4n) is 2.56. The Morgan fingerprint density at radius 2 is 1.88 bits per heavy atom. The number of nitrogens with one attached hydrogen (secondary N) is 2. The van der Waals surface area contributed by atoms with Gasteiger partial charge in [0.25, 0.3) is 0 Å². The van der Waals surface area contributed by atoms with Crippen LogP contribution in [0.2, 0.25) is 5.02 Å². The van der Waals surface area contributed by atoms with E-state index >= 15 is 0 Å². The Labute approximate surface area is 142 Å². The number of benzene rings is 1. The highest BCUT2D eigenvalue weighted by Gasteiger charge is 2.12. The normalized spacial score (nSPS) is 10.9. The number of aromatic amines is 1. The van der Waals surface area contributed by atoms with Crippen molar-refractivity contribution in [3.63, 3.8) is 0 Å². The van der Waals surface area contributed by atoms with Gasteiger partial charge in [0.1, 0.15) is 11.5 Å². The third-order valence-corrected chi connectivity index (χ3v) is 3.93. The van der Waals surface area contributed by atoms with Gasteiger partial charge < -0.3 is 10.3 Å². The summed E-state index contributed by atoms with van der Waals surface area (Å²) in [7, 11) is 0. The van der Waals surface area contributed by atoms with E-state index in [1.54, 1.807) is 24.7 Å². The van der Waals surface area contributed by atoms with Crippen LogP contribution in [0.3, 0.4) is 0 Å². The molecule has 118 valence electrons. The van der Waals surface area contributed by atoms with Crippen LogP contribution in [0.15, 0.2) is 61.1 Å². The number of H-pyrrole nitrogens is 1. The summed E-state index contributed by atoms with van der Waals surface area (Å²) in [4.78, 5) is 11.6. The monoisotopic (exact) mass is 338 g/mol. The third-order valence-electron chi connectivity index (χ3n) is 3.69. The second kappa shape index (κ2) is 5.94. The van der Waals surface area contributed by atoms with E-state index in [4.69, 9.17) is 11.6 Å². The molecular formula is C18H12ClFN4. The molecule has 0 saturated carbocycles. The Hall–Kier alpha value is -2.92. The minimum atomic E-state index is -0.368. The molecule has 4 aromatic rings. The van der Waals surface area contributed by atoms with Gasteiger partial charge in [0, 0.05) is 40.3 Å². The van der Waals surface area contributed by atoms with Crippen molar-refractivity contribution >= 4 is 34.0 Å². The molecule has 6 heteroatoms. The minimum Gasteiger partial charge on any atom is -0.355 e. The second-order valence-corrected chi connectivity index (χ2v) is 5.72. The van der Waals surface area contributed by atoms with Crippen molar-refractivity contribution < 1.29 is 4.39 Å². The Bertz CT molecular complexity index is 1010. The van der Waals surface area contributed by atoms with Gasteiger partial charge in [-0.05, 0) is 42.5 Å². The zero-order chi connectivity index (χ0) is 16.5. The molecule has 0 aliphatic rings. The predicted molar refractivity (Wildman–Crippen MR) is 94.0 cm³/mol. The van der Waals surface area contributed by atoms with Crippen LogP contribution in [0.25, 0.3) is 22.3 Å². The van der Waals surface area contributed by atoms with E-state index in [0.717, 1.165) is 16.8 Å². The largest absolute Gasteiger partial charge is 0.355 e. The zero-order valence-corrected chi connectivity index (χ0v) is 13.2. The molecule has 0 spiro atoms. The van der Waals surface area contributed by atoms with Crippen LogP contribution in [-0.4, -0.2) is 15.0 Å². The molecule has 24 heavy (non-hydrogen) atoms. The van der Waals surface area contributed by atoms with Gasteiger partial charge in [-0.15, -0.1) is 0 Å². The Balaban J connectivity index is 1.87. The molecule has 2 N–H and O–H groups in total. The summed E-state index contributed by atoms with van der Waals surface area (Å²) in [5, 5.41) is 4.70. The first-order chi connectivity index (χ1) is 11.7. The molecule has 0 aliphatic heterocycles. The highest BCUT2D eigenvalue weighted by Crippen LogP contribution is 2.32. The first-order valence-corrected chi connectivity index (χ1v) is 7.69. The quantitative estimate of drug-likeness (QED) is 0.542. The van der Waals surface area contributed by atoms with Gasteiger partial charge in [-0.2, -0.15) is 0 Å². The molecule has 3 heterocycles. The van der Waals surface area contributed by atoms with E-state index in [2.05, 4.69) is 20.3 Å². The topological polar surface area (TPSA) is 53.6 Å². The SMILES string of the molecule is Fc1ccc(Cl)cc1-c1cc(Nc2ccncc2)c2cc[nH]c2n1. The first-order valence-electron chi connectivity index (χ1n) is 7.31. The predicted octanol–water partition coefficient (Wildman–Crippen LogP) is 5.16. The molecule has 0 atom stereocenters. The van der Waals surface area contributed by atoms with E-state index in [1.165, 1.54) is 12.1 Å². The van der Waals surface area contributed by atoms with Crippen molar-refractivity contribution in [1.82, 2.24) is 15.0 Å². The summed E-state index contributed by atoms with van der Waals surface area (Å²) >= 11 is 6.01. The summed E-state index contributed by atoms with van der Waals surface area (Å²) in [6.07, 6.45) is 5.21. The average molecular weight is 339 g/mol. The molecule has 0 bridgehead atoms. The number of fused-ring (bicyclic) bond motifs is 1. The fraction of sp³-hybridized carbons (Fsp3) is 0. The Kier molecular flexibility index (Phi) is 3.63. The van der Waals surface area contributed by atoms with Crippen LogP contribution in [0.5, 0.6) is 0 Å². The van der Waals surface area contributed by atoms with Gasteiger partial charge >= 0.3 is 0 Å². The molecule has 3 aromatic heterocycles. The lowest BCUT2D eigenvalue weighted by molar-refractivity contribution is 0.631. The van der Waals surface area contributed by atoms with Gasteiger partial charge in [0.05, 0.1) is 11.4 Å². The lowest BCUT2D eigenvalue weighted by atomic mass is 10.1. The van der Waals surface area contributed by atoms with E-state index in [1.807, 2.05) is 24.3 Å². The maximum Gasteiger partial charge on any atom is 0.140 e. The number of rotatable bonds is 3. The van der Waals surface area contributed by atoms with Gasteiger partial charge in [-0.25, -0.2) is 9.37 Å². The van der Waals surface area contributed by atoms with Crippen LogP contribution in [0.1, 0.15) is 0 Å². The van der Waals surface area contributed by atoms with Crippen molar-refractivity contribution in [2.24, 2.45) is 0 Å². The number of nitrogens with zero attached hydrogens (tertiary/aromatic N) is 2. The van der Waals surface area contributed by atoms with E-state index in [9.17, 15) is 4.39 Å². The molecule has 0 fully saturated rings. The second-order valence-electron chi connectivity index (χ2n) is 5.28. The smallest absolute Gasteiger partial charge is 0.140 e. The summed E-state index contributed by atoms with van der Waals surface area (Å²) in [6, 6.07) is 11.9. The number of halogens is 2. The summed E-state index contributed by atoms with van der Waals surface area (Å²) in [5.74, 6) is -0.368. The molecule has 4 rings (SSSR count). The van der Waals surface area contributed by atoms with Crippen LogP contribution in [-0.2, 0) is 0 Å². The molecule has 0 saturated heterocycles. The van der Waals surface area contributed by atoms with Crippen LogP contribution in [0.4, 0.5) is 15.8 Å². The summed E-state index contributed by atoms with van der Waals surface area (Å²) in [5.41, 5.74) is 3.24. The average Bonchev–Trinajstić information content (AvgIpc) is 3.07. The lowest BCUT2D eigenvalue weighted by Gasteiger charge is -2.11. The standard InChI is InChI=1S/C18H12ClFN4/c19-11-1-2-15(20)14(9-11)17-10-16(13-5-8-22-18(13)24-17)23-12-3-6-21-7-4-12/h1-10H,(H2,21,22,23,24). The van der Waals surface area contributed by atoms with Gasteiger partial charge in [-0.1, -0.05) is 11.6 Å². The van der Waals surface area contributed by atoms with Crippen molar-refractivity contribution in [1.29, 1.82) is 0 Å². The van der Waals surface area contributed by atoms with Gasteiger partial charge in [-0.3, -0.25) is 4.98 Å². The zero-order valence-electron chi connectivity index (χ0n) is 12.4. The van der Waals surface area contributed by atoms with Crippen molar-refractivity contribution in [3.05, 3.63) is 71.9 Å². The van der Waals surface area contributed by atoms with Crippen LogP contribution < -0.4 is 5.32 Å². The van der Waals surface area contributed by atoms with Crippen molar-refractivity contribution in [3.8, 4) is 11.3 Å². The molecule has 4 nitrogen and oxygen atoms in total. The molecule has 0 unspecified atom stereocenters. The van der Waals surface area contributed by atoms with Gasteiger partial charge in [0.15, 0.2) is 0 Å². The molecule has 0 aliphatic carbocycles. The number of anilines is 2.